The van der Waals surface area contributed by atoms with E-state index in [-0.39, 0.29) is 23.3 Å². The Balaban J connectivity index is 1.71. The van der Waals surface area contributed by atoms with Crippen molar-refractivity contribution in [2.24, 2.45) is 0 Å². The predicted octanol–water partition coefficient (Wildman–Crippen LogP) is 5.82. The molecule has 1 heterocycles. The first kappa shape index (κ1) is 22.5. The lowest BCUT2D eigenvalue weighted by Gasteiger charge is -2.34. The summed E-state index contributed by atoms with van der Waals surface area (Å²) >= 11 is 0. The number of non-ortho nitro benzene ring substituents is 1. The highest BCUT2D eigenvalue weighted by Crippen LogP contribution is 2.47. The maximum absolute atomic E-state index is 13.8. The standard InChI is InChI=1S/C28H25N3O4/c1-17-10-12-19(13-11-17)21-15-24-27(26(33)16-21)28(20-6-5-7-22(14-20)31(34)35)30(18(2)32)25-9-4-3-8-23(25)29-24/h3-14,21,28-29H,15-16H2,1-2H3. The number of hydrogen-bond acceptors (Lipinski definition) is 5. The summed E-state index contributed by atoms with van der Waals surface area (Å²) < 4.78 is 0. The van der Waals surface area contributed by atoms with Gasteiger partial charge in [0.15, 0.2) is 5.78 Å². The Labute approximate surface area is 203 Å². The quantitative estimate of drug-likeness (QED) is 0.387. The molecule has 1 N–H and O–H groups in total. The van der Waals surface area contributed by atoms with Gasteiger partial charge in [0.1, 0.15) is 0 Å². The lowest BCUT2D eigenvalue weighted by atomic mass is 9.78. The molecule has 0 fully saturated rings. The number of nitro benzene ring substituents is 1. The first-order valence-corrected chi connectivity index (χ1v) is 11.6. The van der Waals surface area contributed by atoms with Gasteiger partial charge in [-0.25, -0.2) is 0 Å². The number of hydrogen-bond donors (Lipinski definition) is 1. The van der Waals surface area contributed by atoms with E-state index < -0.39 is 11.0 Å². The lowest BCUT2D eigenvalue weighted by molar-refractivity contribution is -0.384. The Hall–Kier alpha value is -4.26. The monoisotopic (exact) mass is 467 g/mol. The number of fused-ring (bicyclic) bond motifs is 1. The third-order valence-corrected chi connectivity index (χ3v) is 6.77. The zero-order valence-corrected chi connectivity index (χ0v) is 19.5. The molecule has 5 rings (SSSR count). The van der Waals surface area contributed by atoms with Crippen LogP contribution in [0, 0.1) is 17.0 Å². The van der Waals surface area contributed by atoms with Crippen LogP contribution in [0.4, 0.5) is 17.1 Å². The van der Waals surface area contributed by atoms with E-state index in [0.717, 1.165) is 22.5 Å². The number of nitrogens with one attached hydrogen (secondary N) is 1. The molecule has 176 valence electrons. The number of Topliss-reactive ketones (excluding diaryl/α,β-unsaturated/α-hetero) is 1. The van der Waals surface area contributed by atoms with E-state index in [1.165, 1.54) is 19.1 Å². The first-order chi connectivity index (χ1) is 16.8. The molecule has 7 heteroatoms. The molecule has 0 bridgehead atoms. The van der Waals surface area contributed by atoms with Crippen LogP contribution in [-0.2, 0) is 9.59 Å². The molecule has 1 amide bonds. The van der Waals surface area contributed by atoms with Crippen molar-refractivity contribution in [3.63, 3.8) is 0 Å². The highest BCUT2D eigenvalue weighted by Gasteiger charge is 2.41. The maximum atomic E-state index is 13.8. The number of aryl methyl sites for hydroxylation is 1. The van der Waals surface area contributed by atoms with Gasteiger partial charge < -0.3 is 5.32 Å². The first-order valence-electron chi connectivity index (χ1n) is 11.6. The number of carbonyl (C=O) groups is 2. The molecule has 0 aromatic heterocycles. The number of nitrogens with zero attached hydrogens (tertiary/aromatic N) is 2. The Morgan fingerprint density at radius 2 is 1.74 bits per heavy atom. The van der Waals surface area contributed by atoms with Gasteiger partial charge in [-0.05, 0) is 42.5 Å². The molecule has 0 spiro atoms. The summed E-state index contributed by atoms with van der Waals surface area (Å²) in [6.07, 6.45) is 0.896. The van der Waals surface area contributed by atoms with Crippen molar-refractivity contribution in [1.82, 2.24) is 0 Å². The smallest absolute Gasteiger partial charge is 0.269 e. The van der Waals surface area contributed by atoms with Gasteiger partial charge >= 0.3 is 0 Å². The molecule has 3 aromatic carbocycles. The summed E-state index contributed by atoms with van der Waals surface area (Å²) in [6.45, 7) is 3.48. The molecule has 0 saturated heterocycles. The third kappa shape index (κ3) is 4.10. The normalized spacial score (nSPS) is 19.4. The van der Waals surface area contributed by atoms with Gasteiger partial charge in [0.25, 0.3) is 5.69 Å². The lowest BCUT2D eigenvalue weighted by Crippen LogP contribution is -2.37. The number of carbonyl (C=O) groups excluding carboxylic acids is 2. The van der Waals surface area contributed by atoms with Crippen LogP contribution in [0.5, 0.6) is 0 Å². The Morgan fingerprint density at radius 3 is 2.46 bits per heavy atom. The van der Waals surface area contributed by atoms with Crippen LogP contribution >= 0.6 is 0 Å². The third-order valence-electron chi connectivity index (χ3n) is 6.77. The molecule has 2 unspecified atom stereocenters. The Bertz CT molecular complexity index is 1380. The number of para-hydroxylation sites is 2. The maximum Gasteiger partial charge on any atom is 0.269 e. The van der Waals surface area contributed by atoms with Crippen LogP contribution in [-0.4, -0.2) is 16.6 Å². The average Bonchev–Trinajstić information content (AvgIpc) is 2.99. The van der Waals surface area contributed by atoms with Crippen LogP contribution in [0.25, 0.3) is 0 Å². The molecule has 7 nitrogen and oxygen atoms in total. The topological polar surface area (TPSA) is 92.6 Å². The molecule has 0 radical (unpaired) electrons. The van der Waals surface area contributed by atoms with Crippen LogP contribution in [0.2, 0.25) is 0 Å². The fraction of sp³-hybridized carbons (Fsp3) is 0.214. The van der Waals surface area contributed by atoms with E-state index >= 15 is 0 Å². The van der Waals surface area contributed by atoms with Crippen molar-refractivity contribution in [2.45, 2.75) is 38.6 Å². The predicted molar refractivity (Wildman–Crippen MR) is 134 cm³/mol. The van der Waals surface area contributed by atoms with Crippen LogP contribution in [0.1, 0.15) is 48.4 Å². The fourth-order valence-electron chi connectivity index (χ4n) is 5.14. The van der Waals surface area contributed by atoms with E-state index in [4.69, 9.17) is 0 Å². The fourth-order valence-corrected chi connectivity index (χ4v) is 5.14. The van der Waals surface area contributed by atoms with Crippen molar-refractivity contribution < 1.29 is 14.5 Å². The van der Waals surface area contributed by atoms with Crippen molar-refractivity contribution in [1.29, 1.82) is 0 Å². The zero-order valence-electron chi connectivity index (χ0n) is 19.5. The van der Waals surface area contributed by atoms with Crippen molar-refractivity contribution in [3.8, 4) is 0 Å². The van der Waals surface area contributed by atoms with E-state index in [1.807, 2.05) is 43.3 Å². The molecule has 2 atom stereocenters. The van der Waals surface area contributed by atoms with Gasteiger partial charge in [0.05, 0.1) is 22.3 Å². The number of allylic oxidation sites excluding steroid dienone is 1. The number of anilines is 2. The van der Waals surface area contributed by atoms with Crippen LogP contribution in [0.3, 0.4) is 0 Å². The van der Waals surface area contributed by atoms with E-state index in [9.17, 15) is 19.7 Å². The largest absolute Gasteiger partial charge is 0.357 e. The molecule has 35 heavy (non-hydrogen) atoms. The van der Waals surface area contributed by atoms with Gasteiger partial charge in [0.2, 0.25) is 5.91 Å². The van der Waals surface area contributed by atoms with Gasteiger partial charge in [-0.15, -0.1) is 0 Å². The summed E-state index contributed by atoms with van der Waals surface area (Å²) in [6, 6.07) is 21.1. The zero-order chi connectivity index (χ0) is 24.7. The Kier molecular flexibility index (Phi) is 5.68. The van der Waals surface area contributed by atoms with E-state index in [1.54, 1.807) is 17.0 Å². The molecule has 0 saturated carbocycles. The van der Waals surface area contributed by atoms with Crippen molar-refractivity contribution in [2.75, 3.05) is 10.2 Å². The second kappa shape index (κ2) is 8.83. The minimum Gasteiger partial charge on any atom is -0.357 e. The highest BCUT2D eigenvalue weighted by molar-refractivity contribution is 6.06. The summed E-state index contributed by atoms with van der Waals surface area (Å²) in [5, 5.41) is 15.0. The number of nitro groups is 1. The number of ketones is 1. The summed E-state index contributed by atoms with van der Waals surface area (Å²) in [4.78, 5) is 39.5. The van der Waals surface area contributed by atoms with Gasteiger partial charge in [-0.1, -0.05) is 54.1 Å². The summed E-state index contributed by atoms with van der Waals surface area (Å²) in [5.41, 5.74) is 5.28. The molecule has 1 aliphatic heterocycles. The second-order valence-electron chi connectivity index (χ2n) is 9.12. The van der Waals surface area contributed by atoms with Gasteiger partial charge in [-0.2, -0.15) is 0 Å². The van der Waals surface area contributed by atoms with Crippen LogP contribution in [0.15, 0.2) is 84.1 Å². The Morgan fingerprint density at radius 1 is 1.00 bits per heavy atom. The summed E-state index contributed by atoms with van der Waals surface area (Å²) in [5.74, 6) is -0.325. The summed E-state index contributed by atoms with van der Waals surface area (Å²) in [7, 11) is 0. The minimum atomic E-state index is -0.773. The number of amides is 1. The minimum absolute atomic E-state index is 0.00357. The van der Waals surface area contributed by atoms with Gasteiger partial charge in [0, 0.05) is 36.7 Å². The molecule has 1 aliphatic carbocycles. The number of benzene rings is 3. The van der Waals surface area contributed by atoms with Crippen LogP contribution < -0.4 is 10.2 Å². The van der Waals surface area contributed by atoms with E-state index in [2.05, 4.69) is 17.4 Å². The SMILES string of the molecule is CC(=O)N1c2ccccc2NC2=C(C(=O)CC(c3ccc(C)cc3)C2)C1c1cccc([N+](=O)[O-])c1. The highest BCUT2D eigenvalue weighted by atomic mass is 16.6. The van der Waals surface area contributed by atoms with Gasteiger partial charge in [-0.3, -0.25) is 24.6 Å². The number of rotatable bonds is 3. The molecule has 3 aromatic rings. The van der Waals surface area contributed by atoms with E-state index in [0.29, 0.717) is 29.7 Å². The molecular formula is C28H25N3O4. The second-order valence-corrected chi connectivity index (χ2v) is 9.12. The van der Waals surface area contributed by atoms with Crippen molar-refractivity contribution in [3.05, 3.63) is 111 Å². The average molecular weight is 468 g/mol. The molecular weight excluding hydrogens is 442 g/mol. The molecule has 2 aliphatic rings. The van der Waals surface area contributed by atoms with Crippen molar-refractivity contribution >= 4 is 28.8 Å².